The van der Waals surface area contributed by atoms with E-state index in [1.165, 1.54) is 19.3 Å². The second-order valence-corrected chi connectivity index (χ2v) is 6.15. The van der Waals surface area contributed by atoms with Gasteiger partial charge >= 0.3 is 0 Å². The van der Waals surface area contributed by atoms with E-state index in [4.69, 9.17) is 0 Å². The number of nitrogens with one attached hydrogen (secondary N) is 1. The minimum absolute atomic E-state index is 0.145. The number of aliphatic hydroxyl groups excluding tert-OH is 1. The number of hydrogen-bond donors (Lipinski definition) is 2. The molecule has 4 unspecified atom stereocenters. The van der Waals surface area contributed by atoms with Crippen LogP contribution in [0.2, 0.25) is 0 Å². The zero-order valence-electron chi connectivity index (χ0n) is 11.4. The summed E-state index contributed by atoms with van der Waals surface area (Å²) in [5.41, 5.74) is 0. The fourth-order valence-electron chi connectivity index (χ4n) is 2.63. The predicted molar refractivity (Wildman–Crippen MR) is 69.4 cm³/mol. The first-order chi connectivity index (χ1) is 7.50. The summed E-state index contributed by atoms with van der Waals surface area (Å²) in [4.78, 5) is 0. The molecule has 1 fully saturated rings. The van der Waals surface area contributed by atoms with E-state index in [-0.39, 0.29) is 6.10 Å². The topological polar surface area (TPSA) is 32.3 Å². The van der Waals surface area contributed by atoms with Gasteiger partial charge in [-0.15, -0.1) is 0 Å². The van der Waals surface area contributed by atoms with Crippen LogP contribution in [0.3, 0.4) is 0 Å². The van der Waals surface area contributed by atoms with E-state index in [1.54, 1.807) is 0 Å². The van der Waals surface area contributed by atoms with Crippen LogP contribution in [0, 0.1) is 23.7 Å². The molecule has 0 bridgehead atoms. The van der Waals surface area contributed by atoms with E-state index in [9.17, 15) is 5.11 Å². The lowest BCUT2D eigenvalue weighted by atomic mass is 9.74. The monoisotopic (exact) mass is 227 g/mol. The van der Waals surface area contributed by atoms with Gasteiger partial charge in [0, 0.05) is 6.54 Å². The van der Waals surface area contributed by atoms with Crippen molar-refractivity contribution in [1.29, 1.82) is 0 Å². The lowest BCUT2D eigenvalue weighted by Crippen LogP contribution is -2.37. The molecule has 1 saturated carbocycles. The minimum atomic E-state index is -0.145. The Hall–Kier alpha value is -0.0800. The van der Waals surface area contributed by atoms with Crippen molar-refractivity contribution < 1.29 is 5.11 Å². The van der Waals surface area contributed by atoms with E-state index in [2.05, 4.69) is 33.0 Å². The van der Waals surface area contributed by atoms with Gasteiger partial charge in [-0.2, -0.15) is 0 Å². The van der Waals surface area contributed by atoms with Gasteiger partial charge in [0.05, 0.1) is 6.10 Å². The molecule has 0 heterocycles. The average Bonchev–Trinajstić information content (AvgIpc) is 2.21. The molecule has 2 nitrogen and oxygen atoms in total. The molecule has 96 valence electrons. The summed E-state index contributed by atoms with van der Waals surface area (Å²) in [6.07, 6.45) is 3.54. The van der Waals surface area contributed by atoms with E-state index < -0.39 is 0 Å². The smallest absolute Gasteiger partial charge is 0.0692 e. The van der Waals surface area contributed by atoms with Crippen LogP contribution in [-0.2, 0) is 0 Å². The second kappa shape index (κ2) is 6.61. The van der Waals surface area contributed by atoms with Crippen LogP contribution in [0.1, 0.15) is 47.0 Å². The van der Waals surface area contributed by atoms with Crippen molar-refractivity contribution in [2.45, 2.75) is 53.1 Å². The molecule has 1 rings (SSSR count). The van der Waals surface area contributed by atoms with E-state index >= 15 is 0 Å². The third-order valence-electron chi connectivity index (χ3n) is 4.09. The first kappa shape index (κ1) is 14.0. The van der Waals surface area contributed by atoms with E-state index in [1.807, 2.05) is 0 Å². The number of aliphatic hydroxyl groups is 1. The highest BCUT2D eigenvalue weighted by Crippen LogP contribution is 2.34. The van der Waals surface area contributed by atoms with Crippen LogP contribution >= 0.6 is 0 Å². The SMILES string of the molecule is CC(C)CNCC(O)C1CCC(C)C(C)C1. The number of hydrogen-bond acceptors (Lipinski definition) is 2. The van der Waals surface area contributed by atoms with Gasteiger partial charge in [-0.25, -0.2) is 0 Å². The van der Waals surface area contributed by atoms with Crippen molar-refractivity contribution in [2.75, 3.05) is 13.1 Å². The molecule has 0 spiro atoms. The van der Waals surface area contributed by atoms with Crippen molar-refractivity contribution in [3.8, 4) is 0 Å². The van der Waals surface area contributed by atoms with Gasteiger partial charge in [-0.3, -0.25) is 0 Å². The van der Waals surface area contributed by atoms with Crippen LogP contribution in [-0.4, -0.2) is 24.3 Å². The highest BCUT2D eigenvalue weighted by atomic mass is 16.3. The summed E-state index contributed by atoms with van der Waals surface area (Å²) in [5, 5.41) is 13.5. The zero-order valence-corrected chi connectivity index (χ0v) is 11.4. The van der Waals surface area contributed by atoms with Crippen molar-refractivity contribution >= 4 is 0 Å². The van der Waals surface area contributed by atoms with Crippen LogP contribution in [0.4, 0.5) is 0 Å². The summed E-state index contributed by atoms with van der Waals surface area (Å²) in [6, 6.07) is 0. The summed E-state index contributed by atoms with van der Waals surface area (Å²) >= 11 is 0. The van der Waals surface area contributed by atoms with Gasteiger partial charge in [0.15, 0.2) is 0 Å². The highest BCUT2D eigenvalue weighted by molar-refractivity contribution is 4.80. The van der Waals surface area contributed by atoms with Gasteiger partial charge in [-0.05, 0) is 43.1 Å². The van der Waals surface area contributed by atoms with Gasteiger partial charge in [0.1, 0.15) is 0 Å². The van der Waals surface area contributed by atoms with Crippen LogP contribution in [0.25, 0.3) is 0 Å². The van der Waals surface area contributed by atoms with Crippen LogP contribution in [0.15, 0.2) is 0 Å². The maximum atomic E-state index is 10.1. The maximum Gasteiger partial charge on any atom is 0.0692 e. The molecular formula is C14H29NO. The Bertz CT molecular complexity index is 193. The summed E-state index contributed by atoms with van der Waals surface area (Å²) in [6.45, 7) is 10.8. The van der Waals surface area contributed by atoms with Crippen molar-refractivity contribution in [3.05, 3.63) is 0 Å². The van der Waals surface area contributed by atoms with Gasteiger partial charge in [-0.1, -0.05) is 34.1 Å². The van der Waals surface area contributed by atoms with Crippen molar-refractivity contribution in [1.82, 2.24) is 5.32 Å². The largest absolute Gasteiger partial charge is 0.392 e. The Morgan fingerprint density at radius 3 is 2.38 bits per heavy atom. The molecule has 0 aromatic carbocycles. The predicted octanol–water partition coefficient (Wildman–Crippen LogP) is 2.67. The maximum absolute atomic E-state index is 10.1. The molecule has 2 heteroatoms. The molecule has 2 N–H and O–H groups in total. The lowest BCUT2D eigenvalue weighted by Gasteiger charge is -2.34. The second-order valence-electron chi connectivity index (χ2n) is 6.15. The quantitative estimate of drug-likeness (QED) is 0.757. The number of rotatable bonds is 5. The lowest BCUT2D eigenvalue weighted by molar-refractivity contribution is 0.0563. The Morgan fingerprint density at radius 2 is 1.81 bits per heavy atom. The molecule has 0 saturated heterocycles. The molecule has 0 aliphatic heterocycles. The Morgan fingerprint density at radius 1 is 1.12 bits per heavy atom. The van der Waals surface area contributed by atoms with Gasteiger partial charge < -0.3 is 10.4 Å². The summed E-state index contributed by atoms with van der Waals surface area (Å²) in [7, 11) is 0. The molecule has 0 amide bonds. The fourth-order valence-corrected chi connectivity index (χ4v) is 2.63. The first-order valence-corrected chi connectivity index (χ1v) is 6.89. The standard InChI is InChI=1S/C14H29NO/c1-10(2)8-15-9-14(16)13-6-5-11(3)12(4)7-13/h10-16H,5-9H2,1-4H3. The molecule has 0 aromatic heterocycles. The van der Waals surface area contributed by atoms with Crippen molar-refractivity contribution in [2.24, 2.45) is 23.7 Å². The molecule has 0 radical (unpaired) electrons. The molecule has 1 aliphatic rings. The molecule has 0 aromatic rings. The highest BCUT2D eigenvalue weighted by Gasteiger charge is 2.28. The summed E-state index contributed by atoms with van der Waals surface area (Å²) < 4.78 is 0. The third-order valence-corrected chi connectivity index (χ3v) is 4.09. The Kier molecular flexibility index (Phi) is 5.77. The van der Waals surface area contributed by atoms with Crippen LogP contribution < -0.4 is 5.32 Å². The molecule has 4 atom stereocenters. The van der Waals surface area contributed by atoms with Crippen molar-refractivity contribution in [3.63, 3.8) is 0 Å². The minimum Gasteiger partial charge on any atom is -0.392 e. The molecular weight excluding hydrogens is 198 g/mol. The Labute approximate surface area is 101 Å². The zero-order chi connectivity index (χ0) is 12.1. The van der Waals surface area contributed by atoms with E-state index in [0.29, 0.717) is 11.8 Å². The van der Waals surface area contributed by atoms with Gasteiger partial charge in [0.25, 0.3) is 0 Å². The van der Waals surface area contributed by atoms with E-state index in [0.717, 1.165) is 24.9 Å². The summed E-state index contributed by atoms with van der Waals surface area (Å²) in [5.74, 6) is 2.80. The molecule has 1 aliphatic carbocycles. The third kappa shape index (κ3) is 4.42. The first-order valence-electron chi connectivity index (χ1n) is 6.89. The Balaban J connectivity index is 2.23. The normalized spacial score (nSPS) is 33.0. The average molecular weight is 227 g/mol. The molecule has 16 heavy (non-hydrogen) atoms. The fraction of sp³-hybridized carbons (Fsp3) is 1.00. The van der Waals surface area contributed by atoms with Gasteiger partial charge in [0.2, 0.25) is 0 Å². The van der Waals surface area contributed by atoms with Crippen LogP contribution in [0.5, 0.6) is 0 Å².